The average molecular weight is 257 g/mol. The number of nitrogens with zero attached hydrogens (tertiary/aromatic N) is 1. The summed E-state index contributed by atoms with van der Waals surface area (Å²) >= 11 is 0. The van der Waals surface area contributed by atoms with Crippen LogP contribution in [0.5, 0.6) is 0 Å². The molecule has 0 spiro atoms. The molecule has 0 aliphatic heterocycles. The maximum Gasteiger partial charge on any atom is 0.279 e. The summed E-state index contributed by atoms with van der Waals surface area (Å²) in [5.41, 5.74) is 7.24. The Labute approximate surface area is 103 Å². The van der Waals surface area contributed by atoms with Crippen molar-refractivity contribution in [1.29, 1.82) is 0 Å². The fourth-order valence-corrected chi connectivity index (χ4v) is 2.52. The number of hydrogen-bond acceptors (Lipinski definition) is 3. The van der Waals surface area contributed by atoms with Gasteiger partial charge in [-0.05, 0) is 18.1 Å². The molecule has 3 N–H and O–H groups in total. The Kier molecular flexibility index (Phi) is 4.92. The van der Waals surface area contributed by atoms with Gasteiger partial charge in [0.2, 0.25) is 0 Å². The third-order valence-electron chi connectivity index (χ3n) is 2.47. The van der Waals surface area contributed by atoms with E-state index in [1.165, 1.54) is 11.4 Å². The Hall–Kier alpha value is -1.11. The van der Waals surface area contributed by atoms with Crippen LogP contribution in [0.25, 0.3) is 0 Å². The van der Waals surface area contributed by atoms with Gasteiger partial charge in [0.15, 0.2) is 0 Å². The van der Waals surface area contributed by atoms with Crippen LogP contribution in [-0.2, 0) is 16.8 Å². The van der Waals surface area contributed by atoms with Gasteiger partial charge in [-0.1, -0.05) is 25.1 Å². The van der Waals surface area contributed by atoms with E-state index in [1.807, 2.05) is 25.1 Å². The molecule has 0 aromatic heterocycles. The molecule has 5 nitrogen and oxygen atoms in total. The Balaban J connectivity index is 2.92. The summed E-state index contributed by atoms with van der Waals surface area (Å²) in [6, 6.07) is 7.28. The molecule has 0 radical (unpaired) electrons. The molecular formula is C11H19N3O2S. The topological polar surface area (TPSA) is 75.4 Å². The molecule has 0 bridgehead atoms. The number of nitrogen functional groups attached to an aromatic ring is 1. The minimum Gasteiger partial charge on any atom is -0.398 e. The average Bonchev–Trinajstić information content (AvgIpc) is 2.31. The number of anilines is 1. The quantitative estimate of drug-likeness (QED) is 0.745. The van der Waals surface area contributed by atoms with Gasteiger partial charge < -0.3 is 5.73 Å². The molecular weight excluding hydrogens is 238 g/mol. The van der Waals surface area contributed by atoms with E-state index in [2.05, 4.69) is 4.72 Å². The van der Waals surface area contributed by atoms with Crippen molar-refractivity contribution in [2.24, 2.45) is 0 Å². The zero-order chi connectivity index (χ0) is 12.9. The van der Waals surface area contributed by atoms with E-state index in [-0.39, 0.29) is 0 Å². The summed E-state index contributed by atoms with van der Waals surface area (Å²) in [5.74, 6) is 0. The first-order chi connectivity index (χ1) is 8.01. The maximum atomic E-state index is 11.8. The first-order valence-electron chi connectivity index (χ1n) is 5.53. The van der Waals surface area contributed by atoms with Gasteiger partial charge in [0.1, 0.15) is 0 Å². The van der Waals surface area contributed by atoms with Crippen molar-refractivity contribution in [1.82, 2.24) is 9.03 Å². The van der Waals surface area contributed by atoms with E-state index in [0.29, 0.717) is 18.8 Å². The maximum absolute atomic E-state index is 11.8. The smallest absolute Gasteiger partial charge is 0.279 e. The second-order valence-corrected chi connectivity index (χ2v) is 5.62. The monoisotopic (exact) mass is 257 g/mol. The molecule has 0 aliphatic carbocycles. The summed E-state index contributed by atoms with van der Waals surface area (Å²) in [7, 11) is -2.00. The van der Waals surface area contributed by atoms with E-state index < -0.39 is 10.2 Å². The van der Waals surface area contributed by atoms with Crippen LogP contribution < -0.4 is 10.5 Å². The van der Waals surface area contributed by atoms with E-state index in [9.17, 15) is 8.42 Å². The van der Waals surface area contributed by atoms with Gasteiger partial charge >= 0.3 is 0 Å². The molecule has 1 aromatic carbocycles. The predicted octanol–water partition coefficient (Wildman–Crippen LogP) is 0.945. The summed E-state index contributed by atoms with van der Waals surface area (Å²) in [6.07, 6.45) is 0.758. The van der Waals surface area contributed by atoms with Gasteiger partial charge in [0.25, 0.3) is 10.2 Å². The molecule has 0 unspecified atom stereocenters. The third-order valence-corrected chi connectivity index (χ3v) is 3.98. The van der Waals surface area contributed by atoms with Gasteiger partial charge in [-0.15, -0.1) is 0 Å². The zero-order valence-corrected chi connectivity index (χ0v) is 11.0. The number of rotatable bonds is 6. The molecule has 0 saturated heterocycles. The molecule has 0 atom stereocenters. The Morgan fingerprint density at radius 2 is 2.00 bits per heavy atom. The highest BCUT2D eigenvalue weighted by molar-refractivity contribution is 7.87. The van der Waals surface area contributed by atoms with Gasteiger partial charge in [-0.2, -0.15) is 12.7 Å². The minimum atomic E-state index is -3.41. The molecule has 1 rings (SSSR count). The van der Waals surface area contributed by atoms with Gasteiger partial charge in [-0.25, -0.2) is 4.72 Å². The second kappa shape index (κ2) is 6.00. The number of benzene rings is 1. The van der Waals surface area contributed by atoms with Gasteiger partial charge in [0.05, 0.1) is 0 Å². The molecule has 17 heavy (non-hydrogen) atoms. The van der Waals surface area contributed by atoms with E-state index in [4.69, 9.17) is 5.73 Å². The molecule has 0 heterocycles. The Morgan fingerprint density at radius 3 is 2.53 bits per heavy atom. The lowest BCUT2D eigenvalue weighted by Gasteiger charge is -2.21. The fourth-order valence-electron chi connectivity index (χ4n) is 1.53. The van der Waals surface area contributed by atoms with Crippen LogP contribution in [0, 0.1) is 0 Å². The summed E-state index contributed by atoms with van der Waals surface area (Å²) in [5, 5.41) is 0. The van der Waals surface area contributed by atoms with E-state index in [0.717, 1.165) is 12.0 Å². The van der Waals surface area contributed by atoms with Crippen LogP contribution in [-0.4, -0.2) is 26.3 Å². The number of hydrogen-bond donors (Lipinski definition) is 2. The normalized spacial score (nSPS) is 11.9. The van der Waals surface area contributed by atoms with Crippen LogP contribution in [0.1, 0.15) is 18.9 Å². The third kappa shape index (κ3) is 3.69. The highest BCUT2D eigenvalue weighted by Crippen LogP contribution is 2.15. The Bertz CT molecular complexity index is 460. The standard InChI is InChI=1S/C11H19N3O2S/c1-3-8-14(17(15,16)13-2)9-10-6-4-5-7-11(10)12/h4-7,13H,3,8-9,12H2,1-2H3. The van der Waals surface area contributed by atoms with Crippen molar-refractivity contribution >= 4 is 15.9 Å². The minimum absolute atomic E-state index is 0.295. The van der Waals surface area contributed by atoms with Crippen molar-refractivity contribution in [3.05, 3.63) is 29.8 Å². The van der Waals surface area contributed by atoms with E-state index >= 15 is 0 Å². The molecule has 0 saturated carbocycles. The molecule has 0 amide bonds. The second-order valence-electron chi connectivity index (χ2n) is 3.74. The largest absolute Gasteiger partial charge is 0.398 e. The number of para-hydroxylation sites is 1. The van der Waals surface area contributed by atoms with Gasteiger partial charge in [0, 0.05) is 25.8 Å². The fraction of sp³-hybridized carbons (Fsp3) is 0.455. The lowest BCUT2D eigenvalue weighted by molar-refractivity contribution is 0.401. The summed E-state index contributed by atoms with van der Waals surface area (Å²) in [6.45, 7) is 2.70. The van der Waals surface area contributed by atoms with Crippen molar-refractivity contribution in [3.63, 3.8) is 0 Å². The first-order valence-corrected chi connectivity index (χ1v) is 6.97. The predicted molar refractivity (Wildman–Crippen MR) is 69.5 cm³/mol. The number of nitrogens with one attached hydrogen (secondary N) is 1. The van der Waals surface area contributed by atoms with Crippen molar-refractivity contribution in [2.45, 2.75) is 19.9 Å². The van der Waals surface area contributed by atoms with Crippen molar-refractivity contribution in [2.75, 3.05) is 19.3 Å². The lowest BCUT2D eigenvalue weighted by Crippen LogP contribution is -2.39. The van der Waals surface area contributed by atoms with Crippen LogP contribution in [0.3, 0.4) is 0 Å². The number of nitrogens with two attached hydrogens (primary N) is 1. The van der Waals surface area contributed by atoms with E-state index in [1.54, 1.807) is 6.07 Å². The molecule has 96 valence electrons. The molecule has 0 aliphatic rings. The highest BCUT2D eigenvalue weighted by Gasteiger charge is 2.19. The van der Waals surface area contributed by atoms with Crippen LogP contribution in [0.15, 0.2) is 24.3 Å². The summed E-state index contributed by atoms with van der Waals surface area (Å²) < 4.78 is 27.3. The van der Waals surface area contributed by atoms with Gasteiger partial charge in [-0.3, -0.25) is 0 Å². The molecule has 6 heteroatoms. The van der Waals surface area contributed by atoms with Crippen LogP contribution in [0.4, 0.5) is 5.69 Å². The highest BCUT2D eigenvalue weighted by atomic mass is 32.2. The van der Waals surface area contributed by atoms with Crippen LogP contribution in [0.2, 0.25) is 0 Å². The van der Waals surface area contributed by atoms with Crippen molar-refractivity contribution in [3.8, 4) is 0 Å². The molecule has 0 fully saturated rings. The van der Waals surface area contributed by atoms with Crippen LogP contribution >= 0.6 is 0 Å². The zero-order valence-electron chi connectivity index (χ0n) is 10.2. The molecule has 1 aromatic rings. The lowest BCUT2D eigenvalue weighted by atomic mass is 10.2. The Morgan fingerprint density at radius 1 is 1.35 bits per heavy atom. The summed E-state index contributed by atoms with van der Waals surface area (Å²) in [4.78, 5) is 0. The SMILES string of the molecule is CCCN(Cc1ccccc1N)S(=O)(=O)NC. The van der Waals surface area contributed by atoms with Crippen molar-refractivity contribution < 1.29 is 8.42 Å². The first kappa shape index (κ1) is 14.0.